The van der Waals surface area contributed by atoms with Crippen LogP contribution in [0.15, 0.2) is 60.6 Å². The Hall–Kier alpha value is -2.79. The first-order valence-electron chi connectivity index (χ1n) is 7.94. The van der Waals surface area contributed by atoms with E-state index < -0.39 is 5.91 Å². The van der Waals surface area contributed by atoms with E-state index in [2.05, 4.69) is 4.98 Å². The zero-order valence-electron chi connectivity index (χ0n) is 14.0. The number of nitrogens with zero attached hydrogens (tertiary/aromatic N) is 2. The molecule has 1 heterocycles. The second kappa shape index (κ2) is 7.66. The number of hydrogen-bond acceptors (Lipinski definition) is 3. The van der Waals surface area contributed by atoms with Crippen molar-refractivity contribution in [2.45, 2.75) is 13.8 Å². The summed E-state index contributed by atoms with van der Waals surface area (Å²) < 4.78 is -0.123. The molecule has 0 unspecified atom stereocenters. The Kier molecular flexibility index (Phi) is 5.60. The van der Waals surface area contributed by atoms with Crippen molar-refractivity contribution in [3.8, 4) is 0 Å². The molecule has 0 spiro atoms. The van der Waals surface area contributed by atoms with Crippen molar-refractivity contribution in [2.75, 3.05) is 13.1 Å². The first-order chi connectivity index (χ1) is 11.5. The molecule has 1 aromatic heterocycles. The molecule has 24 heavy (non-hydrogen) atoms. The Bertz CT molecular complexity index is 736. The first-order valence-corrected chi connectivity index (χ1v) is 7.94. The molecule has 0 aliphatic heterocycles. The van der Waals surface area contributed by atoms with E-state index in [-0.39, 0.29) is 16.1 Å². The zero-order chi connectivity index (χ0) is 17.6. The first kappa shape index (κ1) is 17.6. The topological polar surface area (TPSA) is 73.1 Å². The number of primary amides is 1. The van der Waals surface area contributed by atoms with E-state index in [9.17, 15) is 9.59 Å². The van der Waals surface area contributed by atoms with Crippen LogP contribution in [0.25, 0.3) is 6.08 Å². The summed E-state index contributed by atoms with van der Waals surface area (Å²) in [5.74, 6) is -0.737. The maximum Gasteiger partial charge on any atom is 0.351 e. The number of carbonyl (C=O) groups excluding carboxylic acids is 2. The molecule has 0 saturated carbocycles. The van der Waals surface area contributed by atoms with E-state index in [0.29, 0.717) is 18.7 Å². The minimum Gasteiger partial charge on any atom is -0.361 e. The van der Waals surface area contributed by atoms with Gasteiger partial charge in [0.05, 0.1) is 18.7 Å². The number of amides is 2. The second-order valence-corrected chi connectivity index (χ2v) is 5.45. The maximum absolute atomic E-state index is 13.2. The fourth-order valence-electron chi connectivity index (χ4n) is 2.81. The summed E-state index contributed by atoms with van der Waals surface area (Å²) in [4.78, 5) is 29.3. The van der Waals surface area contributed by atoms with Gasteiger partial charge in [0.1, 0.15) is 0 Å². The predicted molar refractivity (Wildman–Crippen MR) is 93.5 cm³/mol. The molecule has 0 radical (unpaired) electrons. The van der Waals surface area contributed by atoms with Gasteiger partial charge in [-0.05, 0) is 43.7 Å². The van der Waals surface area contributed by atoms with Gasteiger partial charge in [-0.3, -0.25) is 9.78 Å². The van der Waals surface area contributed by atoms with Crippen LogP contribution in [0.5, 0.6) is 0 Å². The third-order valence-electron chi connectivity index (χ3n) is 4.21. The molecule has 2 N–H and O–H groups in total. The summed E-state index contributed by atoms with van der Waals surface area (Å²) in [6, 6.07) is 12.5. The highest BCUT2D eigenvalue weighted by Gasteiger charge is 2.41. The number of likely N-dealkylation sites (N-methyl/N-ethyl adjacent to an activating group) is 1. The van der Waals surface area contributed by atoms with E-state index >= 15 is 0 Å². The van der Waals surface area contributed by atoms with E-state index in [1.165, 1.54) is 0 Å². The third kappa shape index (κ3) is 3.41. The quantitative estimate of drug-likeness (QED) is 0.656. The smallest absolute Gasteiger partial charge is 0.351 e. The number of aromatic nitrogens is 1. The van der Waals surface area contributed by atoms with Gasteiger partial charge in [-0.2, -0.15) is 0 Å². The molecule has 0 atom stereocenters. The SMILES string of the molecule is CC[N+](CC)(C(=O)c1ccccc1)/C(=C\c1ccncc1)C(N)=O. The van der Waals surface area contributed by atoms with Crippen molar-refractivity contribution in [3.05, 3.63) is 71.7 Å². The molecule has 5 heteroatoms. The van der Waals surface area contributed by atoms with E-state index in [4.69, 9.17) is 5.73 Å². The number of rotatable bonds is 6. The second-order valence-electron chi connectivity index (χ2n) is 5.45. The van der Waals surface area contributed by atoms with Crippen LogP contribution in [-0.4, -0.2) is 34.4 Å². The van der Waals surface area contributed by atoms with Crippen LogP contribution in [0.4, 0.5) is 0 Å². The number of hydrogen-bond donors (Lipinski definition) is 1. The van der Waals surface area contributed by atoms with Gasteiger partial charge in [0.2, 0.25) is 5.70 Å². The van der Waals surface area contributed by atoms with Gasteiger partial charge in [-0.15, -0.1) is 0 Å². The van der Waals surface area contributed by atoms with Crippen molar-refractivity contribution < 1.29 is 14.1 Å². The fourth-order valence-corrected chi connectivity index (χ4v) is 2.81. The molecule has 0 aliphatic rings. The summed E-state index contributed by atoms with van der Waals surface area (Å²) in [6.45, 7) is 4.63. The van der Waals surface area contributed by atoms with Gasteiger partial charge in [0.15, 0.2) is 0 Å². The molecular weight excluding hydrogens is 302 g/mol. The van der Waals surface area contributed by atoms with Crippen LogP contribution in [0.1, 0.15) is 29.8 Å². The number of nitrogens with two attached hydrogens (primary N) is 1. The number of benzene rings is 1. The Morgan fingerprint density at radius 2 is 1.62 bits per heavy atom. The zero-order valence-corrected chi connectivity index (χ0v) is 14.0. The van der Waals surface area contributed by atoms with Crippen molar-refractivity contribution in [2.24, 2.45) is 5.73 Å². The summed E-state index contributed by atoms with van der Waals surface area (Å²) in [5.41, 5.74) is 7.26. The molecule has 2 aromatic rings. The van der Waals surface area contributed by atoms with Crippen LogP contribution in [0.2, 0.25) is 0 Å². The van der Waals surface area contributed by atoms with Gasteiger partial charge in [0.25, 0.3) is 0 Å². The molecule has 0 bridgehead atoms. The average molecular weight is 324 g/mol. The molecule has 5 nitrogen and oxygen atoms in total. The van der Waals surface area contributed by atoms with E-state index in [1.807, 2.05) is 32.0 Å². The van der Waals surface area contributed by atoms with Crippen LogP contribution in [-0.2, 0) is 4.79 Å². The van der Waals surface area contributed by atoms with E-state index in [0.717, 1.165) is 5.56 Å². The van der Waals surface area contributed by atoms with E-state index in [1.54, 1.807) is 42.7 Å². The van der Waals surface area contributed by atoms with Crippen LogP contribution < -0.4 is 5.73 Å². The maximum atomic E-state index is 13.2. The number of pyridine rings is 1. The molecule has 124 valence electrons. The van der Waals surface area contributed by atoms with Crippen molar-refractivity contribution >= 4 is 17.9 Å². The Morgan fingerprint density at radius 3 is 2.12 bits per heavy atom. The third-order valence-corrected chi connectivity index (χ3v) is 4.21. The van der Waals surface area contributed by atoms with Crippen LogP contribution in [0, 0.1) is 0 Å². The van der Waals surface area contributed by atoms with Crippen LogP contribution in [0.3, 0.4) is 0 Å². The Labute approximate surface area is 142 Å². The predicted octanol–water partition coefficient (Wildman–Crippen LogP) is 2.60. The molecule has 0 fully saturated rings. The molecular formula is C19H22N3O2+. The Morgan fingerprint density at radius 1 is 1.04 bits per heavy atom. The largest absolute Gasteiger partial charge is 0.361 e. The molecule has 0 saturated heterocycles. The highest BCUT2D eigenvalue weighted by molar-refractivity contribution is 5.99. The summed E-state index contributed by atoms with van der Waals surface area (Å²) in [5, 5.41) is 0. The van der Waals surface area contributed by atoms with Gasteiger partial charge in [0, 0.05) is 18.5 Å². The fraction of sp³-hybridized carbons (Fsp3) is 0.211. The monoisotopic (exact) mass is 324 g/mol. The lowest BCUT2D eigenvalue weighted by molar-refractivity contribution is -0.801. The van der Waals surface area contributed by atoms with Gasteiger partial charge in [-0.1, -0.05) is 18.2 Å². The highest BCUT2D eigenvalue weighted by atomic mass is 16.2. The lowest BCUT2D eigenvalue weighted by Gasteiger charge is -2.34. The number of carbonyl (C=O) groups is 2. The standard InChI is InChI=1S/C19H21N3O2/c1-3-22(4-2,19(24)16-8-6-5-7-9-16)17(18(20)23)14-15-10-12-21-13-11-15/h5-14H,3-4H2,1-2H3,(H-,20,23)/p+1/b17-14-. The Balaban J connectivity index is 2.59. The molecule has 0 aliphatic carbocycles. The number of quaternary nitrogens is 1. The van der Waals surface area contributed by atoms with Gasteiger partial charge in [-0.25, -0.2) is 9.28 Å². The minimum atomic E-state index is -0.597. The normalized spacial score (nSPS) is 12.0. The minimum absolute atomic E-state index is 0.123. The average Bonchev–Trinajstić information content (AvgIpc) is 2.63. The molecule has 2 rings (SSSR count). The summed E-state index contributed by atoms with van der Waals surface area (Å²) in [7, 11) is 0. The van der Waals surface area contributed by atoms with Crippen molar-refractivity contribution in [1.29, 1.82) is 0 Å². The van der Waals surface area contributed by atoms with Gasteiger partial charge < -0.3 is 5.73 Å². The van der Waals surface area contributed by atoms with Crippen molar-refractivity contribution in [3.63, 3.8) is 0 Å². The van der Waals surface area contributed by atoms with Crippen LogP contribution >= 0.6 is 0 Å². The lowest BCUT2D eigenvalue weighted by atomic mass is 10.1. The lowest BCUT2D eigenvalue weighted by Crippen LogP contribution is -2.54. The highest BCUT2D eigenvalue weighted by Crippen LogP contribution is 2.24. The summed E-state index contributed by atoms with van der Waals surface area (Å²) in [6.07, 6.45) is 4.95. The molecule has 1 aromatic carbocycles. The van der Waals surface area contributed by atoms with Crippen molar-refractivity contribution in [1.82, 2.24) is 4.98 Å². The van der Waals surface area contributed by atoms with Gasteiger partial charge >= 0.3 is 11.8 Å². The summed E-state index contributed by atoms with van der Waals surface area (Å²) >= 11 is 0. The molecule has 2 amide bonds.